The van der Waals surface area contributed by atoms with E-state index in [0.717, 1.165) is 5.56 Å². The average Bonchev–Trinajstić information content (AvgIpc) is 2.19. The predicted molar refractivity (Wildman–Crippen MR) is 63.3 cm³/mol. The van der Waals surface area contributed by atoms with E-state index in [4.69, 9.17) is 32.7 Å². The summed E-state index contributed by atoms with van der Waals surface area (Å²) in [5.74, 6) is 1.64. The lowest BCUT2D eigenvalue weighted by molar-refractivity contribution is 0.228. The second-order valence-corrected chi connectivity index (χ2v) is 4.10. The van der Waals surface area contributed by atoms with Gasteiger partial charge in [0.15, 0.2) is 11.5 Å². The van der Waals surface area contributed by atoms with Crippen LogP contribution in [0.15, 0.2) is 12.1 Å². The van der Waals surface area contributed by atoms with E-state index < -0.39 is 0 Å². The average molecular weight is 249 g/mol. The highest BCUT2D eigenvalue weighted by Crippen LogP contribution is 2.36. The molecule has 84 valence electrons. The minimum absolute atomic E-state index is 0.0713. The van der Waals surface area contributed by atoms with Gasteiger partial charge in [-0.1, -0.05) is 11.6 Å². The Morgan fingerprint density at radius 2 is 2.00 bits per heavy atom. The lowest BCUT2D eigenvalue weighted by atomic mass is 10.2. The third-order valence-corrected chi connectivity index (χ3v) is 2.32. The zero-order chi connectivity index (χ0) is 11.4. The van der Waals surface area contributed by atoms with E-state index in [1.165, 1.54) is 0 Å². The van der Waals surface area contributed by atoms with E-state index in [2.05, 4.69) is 0 Å². The third-order valence-electron chi connectivity index (χ3n) is 1.81. The summed E-state index contributed by atoms with van der Waals surface area (Å²) < 4.78 is 10.8. The minimum atomic E-state index is 0.0713. The summed E-state index contributed by atoms with van der Waals surface area (Å²) in [5.41, 5.74) is 0.842. The molecule has 1 rings (SSSR count). The fourth-order valence-electron chi connectivity index (χ4n) is 1.24. The molecule has 0 aromatic heterocycles. The molecule has 0 amide bonds. The van der Waals surface area contributed by atoms with Crippen LogP contribution in [0.3, 0.4) is 0 Å². The molecule has 15 heavy (non-hydrogen) atoms. The first-order valence-electron chi connectivity index (χ1n) is 4.67. The molecule has 0 heterocycles. The molecule has 1 aromatic carbocycles. The van der Waals surface area contributed by atoms with Gasteiger partial charge in [-0.15, -0.1) is 11.6 Å². The van der Waals surface area contributed by atoms with Crippen LogP contribution in [-0.2, 0) is 5.88 Å². The van der Waals surface area contributed by atoms with E-state index in [9.17, 15) is 0 Å². The normalized spacial score (nSPS) is 10.5. The maximum Gasteiger partial charge on any atom is 0.166 e. The minimum Gasteiger partial charge on any atom is -0.493 e. The zero-order valence-electron chi connectivity index (χ0n) is 9.01. The molecule has 0 radical (unpaired) electrons. The highest BCUT2D eigenvalue weighted by atomic mass is 35.5. The Bertz CT molecular complexity index is 312. The molecule has 0 bridgehead atoms. The molecule has 0 saturated carbocycles. The second kappa shape index (κ2) is 5.47. The first-order chi connectivity index (χ1) is 7.08. The lowest BCUT2D eigenvalue weighted by Crippen LogP contribution is -2.08. The van der Waals surface area contributed by atoms with Crippen molar-refractivity contribution in [3.63, 3.8) is 0 Å². The molecule has 0 atom stereocenters. The maximum absolute atomic E-state index is 5.92. The van der Waals surface area contributed by atoms with Gasteiger partial charge in [0.05, 0.1) is 19.1 Å². The molecular weight excluding hydrogens is 235 g/mol. The number of hydrogen-bond donors (Lipinski definition) is 0. The number of ether oxygens (including phenoxy) is 2. The molecule has 0 fully saturated rings. The summed E-state index contributed by atoms with van der Waals surface area (Å²) in [6.45, 7) is 3.90. The molecule has 0 aliphatic rings. The molecule has 0 spiro atoms. The standard InChI is InChI=1S/C11H14Cl2O2/c1-7(2)15-11-8(6-12)4-9(13)5-10(11)14-3/h4-5,7H,6H2,1-3H3. The SMILES string of the molecule is COc1cc(Cl)cc(CCl)c1OC(C)C. The molecule has 0 N–H and O–H groups in total. The summed E-state index contributed by atoms with van der Waals surface area (Å²) in [4.78, 5) is 0. The topological polar surface area (TPSA) is 18.5 Å². The van der Waals surface area contributed by atoms with Crippen LogP contribution in [0, 0.1) is 0 Å². The van der Waals surface area contributed by atoms with Crippen molar-refractivity contribution in [2.24, 2.45) is 0 Å². The van der Waals surface area contributed by atoms with Crippen LogP contribution >= 0.6 is 23.2 Å². The van der Waals surface area contributed by atoms with Crippen LogP contribution in [0.5, 0.6) is 11.5 Å². The molecule has 0 unspecified atom stereocenters. The summed E-state index contributed by atoms with van der Waals surface area (Å²) in [7, 11) is 1.58. The van der Waals surface area contributed by atoms with E-state index in [1.54, 1.807) is 19.2 Å². The molecule has 2 nitrogen and oxygen atoms in total. The van der Waals surface area contributed by atoms with Gasteiger partial charge in [0.1, 0.15) is 0 Å². The van der Waals surface area contributed by atoms with E-state index >= 15 is 0 Å². The van der Waals surface area contributed by atoms with E-state index in [-0.39, 0.29) is 6.10 Å². The van der Waals surface area contributed by atoms with E-state index in [0.29, 0.717) is 22.4 Å². The van der Waals surface area contributed by atoms with Crippen molar-refractivity contribution < 1.29 is 9.47 Å². The van der Waals surface area contributed by atoms with Gasteiger partial charge >= 0.3 is 0 Å². The number of benzene rings is 1. The van der Waals surface area contributed by atoms with Crippen LogP contribution < -0.4 is 9.47 Å². The predicted octanol–water partition coefficient (Wildman–Crippen LogP) is 3.87. The maximum atomic E-state index is 5.92. The lowest BCUT2D eigenvalue weighted by Gasteiger charge is -2.16. The number of halogens is 2. The van der Waals surface area contributed by atoms with Crippen LogP contribution in [-0.4, -0.2) is 13.2 Å². The van der Waals surface area contributed by atoms with Gasteiger partial charge < -0.3 is 9.47 Å². The summed E-state index contributed by atoms with van der Waals surface area (Å²) in [5, 5.41) is 0.596. The van der Waals surface area contributed by atoms with Gasteiger partial charge in [-0.05, 0) is 19.9 Å². The van der Waals surface area contributed by atoms with Gasteiger partial charge in [0.25, 0.3) is 0 Å². The second-order valence-electron chi connectivity index (χ2n) is 3.40. The molecular formula is C11H14Cl2O2. The summed E-state index contributed by atoms with van der Waals surface area (Å²) >= 11 is 11.7. The highest BCUT2D eigenvalue weighted by molar-refractivity contribution is 6.31. The van der Waals surface area contributed by atoms with E-state index in [1.807, 2.05) is 13.8 Å². The van der Waals surface area contributed by atoms with Crippen molar-refractivity contribution in [3.8, 4) is 11.5 Å². The van der Waals surface area contributed by atoms with Gasteiger partial charge in [0, 0.05) is 16.7 Å². The zero-order valence-corrected chi connectivity index (χ0v) is 10.5. The monoisotopic (exact) mass is 248 g/mol. The van der Waals surface area contributed by atoms with Crippen LogP contribution in [0.1, 0.15) is 19.4 Å². The van der Waals surface area contributed by atoms with Crippen molar-refractivity contribution in [2.75, 3.05) is 7.11 Å². The number of methoxy groups -OCH3 is 1. The molecule has 0 aliphatic heterocycles. The van der Waals surface area contributed by atoms with Crippen LogP contribution in [0.2, 0.25) is 5.02 Å². The van der Waals surface area contributed by atoms with Crippen LogP contribution in [0.25, 0.3) is 0 Å². The fraction of sp³-hybridized carbons (Fsp3) is 0.455. The van der Waals surface area contributed by atoms with Gasteiger partial charge in [-0.25, -0.2) is 0 Å². The molecule has 4 heteroatoms. The largest absolute Gasteiger partial charge is 0.493 e. The van der Waals surface area contributed by atoms with Gasteiger partial charge in [-0.3, -0.25) is 0 Å². The van der Waals surface area contributed by atoms with Crippen molar-refractivity contribution in [1.29, 1.82) is 0 Å². The Balaban J connectivity index is 3.18. The van der Waals surface area contributed by atoms with Crippen molar-refractivity contribution in [1.82, 2.24) is 0 Å². The number of rotatable bonds is 4. The highest BCUT2D eigenvalue weighted by Gasteiger charge is 2.13. The Kier molecular flexibility index (Phi) is 4.55. The van der Waals surface area contributed by atoms with Crippen molar-refractivity contribution in [3.05, 3.63) is 22.7 Å². The Morgan fingerprint density at radius 1 is 1.33 bits per heavy atom. The fourth-order valence-corrected chi connectivity index (χ4v) is 1.67. The first kappa shape index (κ1) is 12.5. The molecule has 0 saturated heterocycles. The quantitative estimate of drug-likeness (QED) is 0.754. The summed E-state index contributed by atoms with van der Waals surface area (Å²) in [6, 6.07) is 3.50. The van der Waals surface area contributed by atoms with Crippen LogP contribution in [0.4, 0.5) is 0 Å². The Labute approximate surface area is 100 Å². The van der Waals surface area contributed by atoms with Crippen molar-refractivity contribution in [2.45, 2.75) is 25.8 Å². The smallest absolute Gasteiger partial charge is 0.166 e. The molecule has 1 aromatic rings. The Morgan fingerprint density at radius 3 is 2.47 bits per heavy atom. The van der Waals surface area contributed by atoms with Gasteiger partial charge in [0.2, 0.25) is 0 Å². The Hall–Kier alpha value is -0.600. The van der Waals surface area contributed by atoms with Gasteiger partial charge in [-0.2, -0.15) is 0 Å². The third kappa shape index (κ3) is 3.18. The molecule has 0 aliphatic carbocycles. The summed E-state index contributed by atoms with van der Waals surface area (Å²) in [6.07, 6.45) is 0.0713. The number of alkyl halides is 1. The van der Waals surface area contributed by atoms with Crippen molar-refractivity contribution >= 4 is 23.2 Å². The number of hydrogen-bond acceptors (Lipinski definition) is 2. The first-order valence-corrected chi connectivity index (χ1v) is 5.58.